The van der Waals surface area contributed by atoms with Gasteiger partial charge in [-0.1, -0.05) is 12.1 Å². The van der Waals surface area contributed by atoms with Gasteiger partial charge in [-0.15, -0.1) is 0 Å². The molecule has 0 bridgehead atoms. The number of rotatable bonds is 4. The first-order chi connectivity index (χ1) is 16.1. The standard InChI is InChI=1S/C25H20F2N4O2/c26-18-4-1-5-19(27)21(18)24-30-22-15-7-6-13(29-12-14-3-2-10-33-14)11-17(15)20-16(23(22)31-24)8-9-28-25(20)32/h1,4-9,11,14,29H,2-3,10,12H2,(H,28,32)(H,30,31). The van der Waals surface area contributed by atoms with Crippen LogP contribution in [0.1, 0.15) is 12.8 Å². The predicted octanol–water partition coefficient (Wildman–Crippen LogP) is 5.09. The van der Waals surface area contributed by atoms with Gasteiger partial charge in [0.2, 0.25) is 0 Å². The summed E-state index contributed by atoms with van der Waals surface area (Å²) < 4.78 is 34.6. The van der Waals surface area contributed by atoms with Crippen molar-refractivity contribution in [1.29, 1.82) is 0 Å². The lowest BCUT2D eigenvalue weighted by molar-refractivity contribution is 0.120. The van der Waals surface area contributed by atoms with Crippen molar-refractivity contribution >= 4 is 38.3 Å². The molecule has 0 amide bonds. The quantitative estimate of drug-likeness (QED) is 0.336. The van der Waals surface area contributed by atoms with E-state index in [1.54, 1.807) is 12.3 Å². The Balaban J connectivity index is 1.58. The number of nitrogens with one attached hydrogen (secondary N) is 3. The normalized spacial score (nSPS) is 16.2. The lowest BCUT2D eigenvalue weighted by Crippen LogP contribution is -2.18. The van der Waals surface area contributed by atoms with Crippen molar-refractivity contribution in [1.82, 2.24) is 15.0 Å². The number of hydrogen-bond acceptors (Lipinski definition) is 4. The minimum atomic E-state index is -0.707. The fourth-order valence-corrected chi connectivity index (χ4v) is 4.66. The number of imidazole rings is 1. The largest absolute Gasteiger partial charge is 0.382 e. The van der Waals surface area contributed by atoms with E-state index in [1.807, 2.05) is 18.2 Å². The van der Waals surface area contributed by atoms with E-state index >= 15 is 0 Å². The molecule has 166 valence electrons. The number of halogens is 2. The van der Waals surface area contributed by atoms with Crippen molar-refractivity contribution in [2.45, 2.75) is 18.9 Å². The summed E-state index contributed by atoms with van der Waals surface area (Å²) in [4.78, 5) is 23.2. The molecular weight excluding hydrogens is 426 g/mol. The van der Waals surface area contributed by atoms with Crippen LogP contribution in [-0.2, 0) is 4.74 Å². The Morgan fingerprint density at radius 3 is 2.73 bits per heavy atom. The van der Waals surface area contributed by atoms with Crippen molar-refractivity contribution in [2.24, 2.45) is 0 Å². The zero-order chi connectivity index (χ0) is 22.5. The SMILES string of the molecule is O=c1[nH]ccc2c3nc(-c4c(F)cccc4F)[nH]c3c3ccc(NCC4CCCO4)cc3c12. The predicted molar refractivity (Wildman–Crippen MR) is 125 cm³/mol. The minimum absolute atomic E-state index is 0.0789. The topological polar surface area (TPSA) is 82.8 Å². The maximum Gasteiger partial charge on any atom is 0.256 e. The lowest BCUT2D eigenvalue weighted by atomic mass is 10.0. The number of fused-ring (bicyclic) bond motifs is 6. The Hall–Kier alpha value is -3.78. The smallest absolute Gasteiger partial charge is 0.256 e. The molecule has 1 unspecified atom stereocenters. The fraction of sp³-hybridized carbons (Fsp3) is 0.200. The molecule has 6 rings (SSSR count). The Labute approximate surface area is 186 Å². The summed E-state index contributed by atoms with van der Waals surface area (Å²) in [5.74, 6) is -1.34. The highest BCUT2D eigenvalue weighted by atomic mass is 19.1. The summed E-state index contributed by atoms with van der Waals surface area (Å²) >= 11 is 0. The Morgan fingerprint density at radius 1 is 1.09 bits per heavy atom. The number of pyridine rings is 1. The molecule has 3 N–H and O–H groups in total. The third-order valence-corrected chi connectivity index (χ3v) is 6.24. The Bertz CT molecular complexity index is 1560. The molecule has 0 aliphatic carbocycles. The maximum absolute atomic E-state index is 14.4. The molecule has 2 aromatic heterocycles. The number of benzene rings is 3. The van der Waals surface area contributed by atoms with Crippen LogP contribution in [0.3, 0.4) is 0 Å². The zero-order valence-electron chi connectivity index (χ0n) is 17.5. The van der Waals surface area contributed by atoms with Gasteiger partial charge >= 0.3 is 0 Å². The van der Waals surface area contributed by atoms with Gasteiger partial charge in [0, 0.05) is 35.8 Å². The second kappa shape index (κ2) is 7.67. The van der Waals surface area contributed by atoms with Crippen LogP contribution in [0.2, 0.25) is 0 Å². The summed E-state index contributed by atoms with van der Waals surface area (Å²) in [5, 5.41) is 5.95. The Morgan fingerprint density at radius 2 is 1.94 bits per heavy atom. The molecule has 3 heterocycles. The van der Waals surface area contributed by atoms with Crippen LogP contribution in [0.4, 0.5) is 14.5 Å². The van der Waals surface area contributed by atoms with Crippen LogP contribution in [0.5, 0.6) is 0 Å². The first-order valence-electron chi connectivity index (χ1n) is 10.9. The van der Waals surface area contributed by atoms with Crippen LogP contribution in [0, 0.1) is 11.6 Å². The van der Waals surface area contributed by atoms with E-state index < -0.39 is 11.6 Å². The first-order valence-corrected chi connectivity index (χ1v) is 10.9. The highest BCUT2D eigenvalue weighted by Gasteiger charge is 2.20. The van der Waals surface area contributed by atoms with Gasteiger partial charge in [-0.05, 0) is 48.6 Å². The molecule has 1 saturated heterocycles. The van der Waals surface area contributed by atoms with Crippen LogP contribution in [-0.4, -0.2) is 34.2 Å². The van der Waals surface area contributed by atoms with Gasteiger partial charge < -0.3 is 20.0 Å². The zero-order valence-corrected chi connectivity index (χ0v) is 17.5. The maximum atomic E-state index is 14.4. The van der Waals surface area contributed by atoms with Crippen molar-refractivity contribution < 1.29 is 13.5 Å². The molecular formula is C25H20F2N4O2. The van der Waals surface area contributed by atoms with Gasteiger partial charge in [0.05, 0.1) is 28.1 Å². The molecule has 8 heteroatoms. The van der Waals surface area contributed by atoms with E-state index in [4.69, 9.17) is 4.74 Å². The molecule has 0 spiro atoms. The van der Waals surface area contributed by atoms with Gasteiger partial charge in [-0.25, -0.2) is 13.8 Å². The van der Waals surface area contributed by atoms with Crippen molar-refractivity contribution in [3.8, 4) is 11.4 Å². The van der Waals surface area contributed by atoms with E-state index in [1.165, 1.54) is 18.2 Å². The molecule has 0 saturated carbocycles. The average molecular weight is 446 g/mol. The van der Waals surface area contributed by atoms with Gasteiger partial charge in [0.15, 0.2) is 0 Å². The molecule has 1 fully saturated rings. The van der Waals surface area contributed by atoms with Crippen LogP contribution in [0.25, 0.3) is 44.0 Å². The number of ether oxygens (including phenoxy) is 1. The third-order valence-electron chi connectivity index (χ3n) is 6.24. The van der Waals surface area contributed by atoms with E-state index in [9.17, 15) is 13.6 Å². The van der Waals surface area contributed by atoms with Crippen molar-refractivity contribution in [2.75, 3.05) is 18.5 Å². The van der Waals surface area contributed by atoms with E-state index in [0.29, 0.717) is 28.4 Å². The summed E-state index contributed by atoms with van der Waals surface area (Å²) in [7, 11) is 0. The van der Waals surface area contributed by atoms with Gasteiger partial charge in [0.25, 0.3) is 5.56 Å². The van der Waals surface area contributed by atoms with Gasteiger partial charge in [-0.2, -0.15) is 0 Å². The van der Waals surface area contributed by atoms with Crippen LogP contribution < -0.4 is 10.9 Å². The summed E-state index contributed by atoms with van der Waals surface area (Å²) in [6.07, 6.45) is 3.81. The van der Waals surface area contributed by atoms with E-state index in [-0.39, 0.29) is 23.1 Å². The third kappa shape index (κ3) is 3.25. The van der Waals surface area contributed by atoms with Crippen molar-refractivity contribution in [3.05, 3.63) is 70.6 Å². The minimum Gasteiger partial charge on any atom is -0.382 e. The van der Waals surface area contributed by atoms with E-state index in [2.05, 4.69) is 20.3 Å². The van der Waals surface area contributed by atoms with E-state index in [0.717, 1.165) is 35.9 Å². The lowest BCUT2D eigenvalue weighted by Gasteiger charge is -2.13. The van der Waals surface area contributed by atoms with Crippen LogP contribution >= 0.6 is 0 Å². The molecule has 1 aliphatic heterocycles. The average Bonchev–Trinajstić information content (AvgIpc) is 3.48. The molecule has 33 heavy (non-hydrogen) atoms. The highest BCUT2D eigenvalue weighted by molar-refractivity contribution is 6.23. The fourth-order valence-electron chi connectivity index (χ4n) is 4.66. The molecule has 1 atom stereocenters. The molecule has 5 aromatic rings. The second-order valence-electron chi connectivity index (χ2n) is 8.28. The number of H-pyrrole nitrogens is 2. The number of aromatic nitrogens is 3. The van der Waals surface area contributed by atoms with Crippen LogP contribution in [0.15, 0.2) is 53.5 Å². The molecule has 1 aliphatic rings. The number of nitrogens with zero attached hydrogens (tertiary/aromatic N) is 1. The Kier molecular flexibility index (Phi) is 4.62. The molecule has 3 aromatic carbocycles. The number of aromatic amines is 2. The summed E-state index contributed by atoms with van der Waals surface area (Å²) in [6.45, 7) is 1.47. The second-order valence-corrected chi connectivity index (χ2v) is 8.28. The first kappa shape index (κ1) is 19.9. The monoisotopic (exact) mass is 446 g/mol. The number of hydrogen-bond donors (Lipinski definition) is 3. The molecule has 0 radical (unpaired) electrons. The van der Waals surface area contributed by atoms with Gasteiger partial charge in [0.1, 0.15) is 17.5 Å². The number of anilines is 1. The molecule has 6 nitrogen and oxygen atoms in total. The highest BCUT2D eigenvalue weighted by Crippen LogP contribution is 2.36. The summed E-state index contributed by atoms with van der Waals surface area (Å²) in [6, 6.07) is 11.2. The summed E-state index contributed by atoms with van der Waals surface area (Å²) in [5.41, 5.74) is 1.49. The van der Waals surface area contributed by atoms with Gasteiger partial charge in [-0.3, -0.25) is 4.79 Å². The van der Waals surface area contributed by atoms with Crippen molar-refractivity contribution in [3.63, 3.8) is 0 Å².